The number of amides is 4. The molecule has 0 aromatic heterocycles. The van der Waals surface area contributed by atoms with Gasteiger partial charge in [0, 0.05) is 37.4 Å². The first-order valence-corrected chi connectivity index (χ1v) is 7.96. The predicted octanol–water partition coefficient (Wildman–Crippen LogP) is 1.68. The van der Waals surface area contributed by atoms with E-state index in [0.717, 1.165) is 18.7 Å². The fourth-order valence-electron chi connectivity index (χ4n) is 2.34. The van der Waals surface area contributed by atoms with Gasteiger partial charge in [-0.25, -0.2) is 9.59 Å². The van der Waals surface area contributed by atoms with Gasteiger partial charge in [0.25, 0.3) is 0 Å². The lowest BCUT2D eigenvalue weighted by molar-refractivity contribution is -0.117. The summed E-state index contributed by atoms with van der Waals surface area (Å²) >= 11 is 0. The van der Waals surface area contributed by atoms with Crippen LogP contribution in [0.2, 0.25) is 0 Å². The van der Waals surface area contributed by atoms with E-state index in [2.05, 4.69) is 16.0 Å². The van der Waals surface area contributed by atoms with Gasteiger partial charge in [-0.15, -0.1) is 0 Å². The quantitative estimate of drug-likeness (QED) is 0.689. The molecule has 2 rings (SSSR count). The molecule has 1 aliphatic heterocycles. The number of ether oxygens (including phenoxy) is 1. The van der Waals surface area contributed by atoms with Crippen molar-refractivity contribution >= 4 is 29.4 Å². The van der Waals surface area contributed by atoms with Crippen LogP contribution in [0.15, 0.2) is 24.3 Å². The number of rotatable bonds is 6. The maximum atomic E-state index is 11.7. The van der Waals surface area contributed by atoms with Crippen LogP contribution in [0.5, 0.6) is 0 Å². The number of hydrogen-bond donors (Lipinski definition) is 3. The molecule has 130 valence electrons. The van der Waals surface area contributed by atoms with E-state index in [4.69, 9.17) is 4.74 Å². The lowest BCUT2D eigenvalue weighted by Gasteiger charge is -2.16. The minimum Gasteiger partial charge on any atom is -0.450 e. The fourth-order valence-corrected chi connectivity index (χ4v) is 2.34. The first-order valence-electron chi connectivity index (χ1n) is 7.96. The Morgan fingerprint density at radius 3 is 2.50 bits per heavy atom. The SMILES string of the molecule is CCOC(=O)NCCNC(=O)Nc1ccc(N2CCCC2=O)cc1. The second-order valence-corrected chi connectivity index (χ2v) is 5.22. The average molecular weight is 334 g/mol. The van der Waals surface area contributed by atoms with Crippen LogP contribution in [0.3, 0.4) is 0 Å². The standard InChI is InChI=1S/C16H22N4O4/c1-2-24-16(23)18-10-9-17-15(22)19-12-5-7-13(8-6-12)20-11-3-4-14(20)21/h5-8H,2-4,9-11H2,1H3,(H,18,23)(H2,17,19,22). The first kappa shape index (κ1) is 17.6. The van der Waals surface area contributed by atoms with Gasteiger partial charge in [0.05, 0.1) is 6.61 Å². The van der Waals surface area contributed by atoms with E-state index >= 15 is 0 Å². The summed E-state index contributed by atoms with van der Waals surface area (Å²) in [5, 5.41) is 7.81. The van der Waals surface area contributed by atoms with Gasteiger partial charge >= 0.3 is 12.1 Å². The number of urea groups is 1. The zero-order valence-corrected chi connectivity index (χ0v) is 13.6. The Morgan fingerprint density at radius 2 is 1.88 bits per heavy atom. The number of alkyl carbamates (subject to hydrolysis) is 1. The Bertz CT molecular complexity index is 588. The molecule has 1 saturated heterocycles. The molecule has 1 aromatic rings. The smallest absolute Gasteiger partial charge is 0.407 e. The van der Waals surface area contributed by atoms with Crippen LogP contribution < -0.4 is 20.9 Å². The molecule has 24 heavy (non-hydrogen) atoms. The molecule has 0 saturated carbocycles. The third-order valence-corrected chi connectivity index (χ3v) is 3.47. The number of nitrogens with zero attached hydrogens (tertiary/aromatic N) is 1. The number of nitrogens with one attached hydrogen (secondary N) is 3. The molecular formula is C16H22N4O4. The number of carbonyl (C=O) groups excluding carboxylic acids is 3. The second kappa shape index (κ2) is 8.76. The molecule has 0 aliphatic carbocycles. The highest BCUT2D eigenvalue weighted by atomic mass is 16.5. The van der Waals surface area contributed by atoms with E-state index in [0.29, 0.717) is 18.7 Å². The van der Waals surface area contributed by atoms with Gasteiger partial charge in [-0.05, 0) is 37.6 Å². The van der Waals surface area contributed by atoms with Gasteiger partial charge in [0.2, 0.25) is 5.91 Å². The van der Waals surface area contributed by atoms with Crippen LogP contribution in [-0.4, -0.2) is 44.3 Å². The summed E-state index contributed by atoms with van der Waals surface area (Å²) in [5.41, 5.74) is 1.46. The normalized spacial score (nSPS) is 13.5. The lowest BCUT2D eigenvalue weighted by atomic mass is 10.2. The maximum Gasteiger partial charge on any atom is 0.407 e. The van der Waals surface area contributed by atoms with Crippen molar-refractivity contribution in [2.24, 2.45) is 0 Å². The van der Waals surface area contributed by atoms with Gasteiger partial charge < -0.3 is 25.6 Å². The van der Waals surface area contributed by atoms with Crippen molar-refractivity contribution in [3.63, 3.8) is 0 Å². The fraction of sp³-hybridized carbons (Fsp3) is 0.438. The molecule has 8 nitrogen and oxygen atoms in total. The number of hydrogen-bond acceptors (Lipinski definition) is 4. The molecule has 3 N–H and O–H groups in total. The molecule has 1 fully saturated rings. The predicted molar refractivity (Wildman–Crippen MR) is 90.1 cm³/mol. The molecule has 0 bridgehead atoms. The van der Waals surface area contributed by atoms with Gasteiger partial charge in [0.1, 0.15) is 0 Å². The van der Waals surface area contributed by atoms with Gasteiger partial charge in [-0.1, -0.05) is 0 Å². The van der Waals surface area contributed by atoms with E-state index in [1.165, 1.54) is 0 Å². The molecule has 0 radical (unpaired) electrons. The van der Waals surface area contributed by atoms with E-state index in [9.17, 15) is 14.4 Å². The van der Waals surface area contributed by atoms with Crippen LogP contribution in [0.4, 0.5) is 21.0 Å². The van der Waals surface area contributed by atoms with Crippen LogP contribution in [0.25, 0.3) is 0 Å². The largest absolute Gasteiger partial charge is 0.450 e. The van der Waals surface area contributed by atoms with E-state index in [1.807, 2.05) is 0 Å². The Kier molecular flexibility index (Phi) is 6.41. The third kappa shape index (κ3) is 5.15. The molecule has 1 heterocycles. The molecule has 1 aromatic carbocycles. The van der Waals surface area contributed by atoms with E-state index in [-0.39, 0.29) is 25.0 Å². The average Bonchev–Trinajstić information content (AvgIpc) is 2.99. The highest BCUT2D eigenvalue weighted by molar-refractivity contribution is 5.96. The van der Waals surface area contributed by atoms with E-state index in [1.54, 1.807) is 36.1 Å². The highest BCUT2D eigenvalue weighted by Gasteiger charge is 2.21. The van der Waals surface area contributed by atoms with Crippen molar-refractivity contribution in [3.8, 4) is 0 Å². The summed E-state index contributed by atoms with van der Waals surface area (Å²) in [5.74, 6) is 0.127. The van der Waals surface area contributed by atoms with Gasteiger partial charge in [0.15, 0.2) is 0 Å². The zero-order valence-electron chi connectivity index (χ0n) is 13.6. The summed E-state index contributed by atoms with van der Waals surface area (Å²) in [4.78, 5) is 36.2. The van der Waals surface area contributed by atoms with Crippen LogP contribution in [0, 0.1) is 0 Å². The minimum atomic E-state index is -0.508. The lowest BCUT2D eigenvalue weighted by Crippen LogP contribution is -2.37. The maximum absolute atomic E-state index is 11.7. The van der Waals surface area contributed by atoms with Crippen molar-refractivity contribution in [2.75, 3.05) is 36.5 Å². The molecular weight excluding hydrogens is 312 g/mol. The number of benzene rings is 1. The first-order chi connectivity index (χ1) is 11.6. The van der Waals surface area contributed by atoms with Crippen LogP contribution in [0.1, 0.15) is 19.8 Å². The summed E-state index contributed by atoms with van der Waals surface area (Å²) in [6.45, 7) is 3.32. The summed E-state index contributed by atoms with van der Waals surface area (Å²) in [7, 11) is 0. The van der Waals surface area contributed by atoms with Crippen molar-refractivity contribution in [2.45, 2.75) is 19.8 Å². The summed E-state index contributed by atoms with van der Waals surface area (Å²) in [6.07, 6.45) is 0.954. The Balaban J connectivity index is 1.72. The number of carbonyl (C=O) groups is 3. The summed E-state index contributed by atoms with van der Waals surface area (Å²) in [6, 6.07) is 6.74. The Labute approximate surface area is 140 Å². The third-order valence-electron chi connectivity index (χ3n) is 3.47. The van der Waals surface area contributed by atoms with Crippen molar-refractivity contribution < 1.29 is 19.1 Å². The van der Waals surface area contributed by atoms with E-state index < -0.39 is 6.09 Å². The van der Waals surface area contributed by atoms with Crippen molar-refractivity contribution in [1.29, 1.82) is 0 Å². The van der Waals surface area contributed by atoms with Gasteiger partial charge in [-0.2, -0.15) is 0 Å². The van der Waals surface area contributed by atoms with Gasteiger partial charge in [-0.3, -0.25) is 4.79 Å². The summed E-state index contributed by atoms with van der Waals surface area (Å²) < 4.78 is 4.70. The Hall–Kier alpha value is -2.77. The van der Waals surface area contributed by atoms with Crippen molar-refractivity contribution in [3.05, 3.63) is 24.3 Å². The number of anilines is 2. The molecule has 4 amide bonds. The molecule has 0 spiro atoms. The minimum absolute atomic E-state index is 0.127. The topological polar surface area (TPSA) is 99.8 Å². The highest BCUT2D eigenvalue weighted by Crippen LogP contribution is 2.22. The zero-order chi connectivity index (χ0) is 17.4. The molecule has 0 unspecified atom stereocenters. The Morgan fingerprint density at radius 1 is 1.17 bits per heavy atom. The molecule has 0 atom stereocenters. The molecule has 1 aliphatic rings. The van der Waals surface area contributed by atoms with Crippen molar-refractivity contribution in [1.82, 2.24) is 10.6 Å². The monoisotopic (exact) mass is 334 g/mol. The molecule has 8 heteroatoms. The second-order valence-electron chi connectivity index (χ2n) is 5.22. The van der Waals surface area contributed by atoms with Crippen LogP contribution in [-0.2, 0) is 9.53 Å². The van der Waals surface area contributed by atoms with Crippen LogP contribution >= 0.6 is 0 Å².